The molecule has 11 heteroatoms. The molecule has 0 spiro atoms. The zero-order valence-corrected chi connectivity index (χ0v) is 21.7. The number of carbonyl (C=O) groups is 2. The fourth-order valence-corrected chi connectivity index (χ4v) is 5.00. The van der Waals surface area contributed by atoms with E-state index in [0.717, 1.165) is 24.8 Å². The Bertz CT molecular complexity index is 1380. The summed E-state index contributed by atoms with van der Waals surface area (Å²) in [5.41, 5.74) is 11.1. The SMILES string of the molecule is CN1C[C@H](NC(=O)c2cnc(NNC(=S)Nc3nccc4c3Cc3ccccc3CC4)c(Cl)c2)CC1=O. The van der Waals surface area contributed by atoms with Crippen LogP contribution in [0.5, 0.6) is 0 Å². The third-order valence-corrected chi connectivity index (χ3v) is 7.10. The summed E-state index contributed by atoms with van der Waals surface area (Å²) in [6.07, 6.45) is 6.19. The molecular formula is C26H26ClN7O2S. The zero-order chi connectivity index (χ0) is 25.9. The number of pyridine rings is 2. The van der Waals surface area contributed by atoms with E-state index < -0.39 is 0 Å². The summed E-state index contributed by atoms with van der Waals surface area (Å²) in [5, 5.41) is 6.56. The number of fused-ring (bicyclic) bond motifs is 2. The summed E-state index contributed by atoms with van der Waals surface area (Å²) in [5.74, 6) is 0.683. The first-order chi connectivity index (χ1) is 17.9. The Morgan fingerprint density at radius 1 is 1.11 bits per heavy atom. The van der Waals surface area contributed by atoms with Gasteiger partial charge in [0.15, 0.2) is 10.9 Å². The van der Waals surface area contributed by atoms with Crippen LogP contribution in [0, 0.1) is 0 Å². The van der Waals surface area contributed by atoms with Gasteiger partial charge in [-0.1, -0.05) is 35.9 Å². The van der Waals surface area contributed by atoms with Crippen molar-refractivity contribution in [3.8, 4) is 0 Å². The van der Waals surface area contributed by atoms with Crippen molar-refractivity contribution in [2.45, 2.75) is 31.7 Å². The summed E-state index contributed by atoms with van der Waals surface area (Å²) in [6, 6.07) is 11.8. The summed E-state index contributed by atoms with van der Waals surface area (Å²) >= 11 is 11.8. The highest BCUT2D eigenvalue weighted by Crippen LogP contribution is 2.28. The van der Waals surface area contributed by atoms with Crippen LogP contribution in [0.2, 0.25) is 5.02 Å². The molecule has 0 saturated carbocycles. The molecule has 4 N–H and O–H groups in total. The molecule has 1 aromatic carbocycles. The Morgan fingerprint density at radius 3 is 2.65 bits per heavy atom. The van der Waals surface area contributed by atoms with Crippen molar-refractivity contribution in [1.29, 1.82) is 0 Å². The molecule has 2 aromatic heterocycles. The Balaban J connectivity index is 1.20. The standard InChI is InChI=1S/C26H26ClN7O2S/c1-34-14-19(12-22(34)35)30-25(36)18-11-21(27)24(29-13-18)32-33-26(37)31-23-20-10-17-5-3-2-4-15(17)6-7-16(20)8-9-28-23/h2-5,8-9,11,13,19H,6-7,10,12,14H2,1H3,(H,29,32)(H,30,36)(H2,28,31,33,37)/t19-/m1/s1. The van der Waals surface area contributed by atoms with Crippen LogP contribution >= 0.6 is 23.8 Å². The molecule has 190 valence electrons. The maximum atomic E-state index is 12.6. The molecule has 2 aliphatic rings. The summed E-state index contributed by atoms with van der Waals surface area (Å²) in [7, 11) is 1.71. The first-order valence-corrected chi connectivity index (χ1v) is 12.7. The van der Waals surface area contributed by atoms with Crippen molar-refractivity contribution < 1.29 is 9.59 Å². The van der Waals surface area contributed by atoms with Crippen molar-refractivity contribution in [2.75, 3.05) is 24.3 Å². The fraction of sp³-hybridized carbons (Fsp3) is 0.269. The number of likely N-dealkylation sites (tertiary alicyclic amines) is 1. The summed E-state index contributed by atoms with van der Waals surface area (Å²) in [6.45, 7) is 0.478. The highest BCUT2D eigenvalue weighted by Gasteiger charge is 2.28. The predicted octanol–water partition coefficient (Wildman–Crippen LogP) is 3.09. The lowest BCUT2D eigenvalue weighted by molar-refractivity contribution is -0.126. The molecule has 1 aliphatic carbocycles. The van der Waals surface area contributed by atoms with E-state index in [9.17, 15) is 9.59 Å². The monoisotopic (exact) mass is 535 g/mol. The van der Waals surface area contributed by atoms with E-state index in [-0.39, 0.29) is 29.3 Å². The zero-order valence-electron chi connectivity index (χ0n) is 20.2. The first kappa shape index (κ1) is 24.9. The topological polar surface area (TPSA) is 111 Å². The predicted molar refractivity (Wildman–Crippen MR) is 147 cm³/mol. The normalized spacial score (nSPS) is 16.3. The highest BCUT2D eigenvalue weighted by atomic mass is 35.5. The van der Waals surface area contributed by atoms with E-state index in [4.69, 9.17) is 23.8 Å². The molecule has 1 aliphatic heterocycles. The van der Waals surface area contributed by atoms with Crippen LogP contribution in [0.3, 0.4) is 0 Å². The maximum Gasteiger partial charge on any atom is 0.253 e. The van der Waals surface area contributed by atoms with Gasteiger partial charge >= 0.3 is 0 Å². The number of halogens is 1. The number of aromatic nitrogens is 2. The molecule has 0 unspecified atom stereocenters. The smallest absolute Gasteiger partial charge is 0.253 e. The maximum absolute atomic E-state index is 12.6. The molecule has 1 saturated heterocycles. The van der Waals surface area contributed by atoms with Crippen molar-refractivity contribution in [3.63, 3.8) is 0 Å². The third-order valence-electron chi connectivity index (χ3n) is 6.61. The van der Waals surface area contributed by atoms with E-state index in [1.54, 1.807) is 18.1 Å². The van der Waals surface area contributed by atoms with Gasteiger partial charge in [-0.3, -0.25) is 20.4 Å². The lowest BCUT2D eigenvalue weighted by Crippen LogP contribution is -2.36. The van der Waals surface area contributed by atoms with Gasteiger partial charge < -0.3 is 15.5 Å². The third kappa shape index (κ3) is 5.65. The van der Waals surface area contributed by atoms with Crippen LogP contribution in [0.1, 0.15) is 39.0 Å². The number of hydrogen-bond acceptors (Lipinski definition) is 6. The minimum Gasteiger partial charge on any atom is -0.347 e. The number of anilines is 2. The molecule has 0 bridgehead atoms. The van der Waals surface area contributed by atoms with Crippen LogP contribution in [0.15, 0.2) is 48.8 Å². The lowest BCUT2D eigenvalue weighted by Gasteiger charge is -2.16. The number of nitrogens with one attached hydrogen (secondary N) is 4. The summed E-state index contributed by atoms with van der Waals surface area (Å²) in [4.78, 5) is 34.6. The van der Waals surface area contributed by atoms with Gasteiger partial charge in [-0.05, 0) is 53.9 Å². The van der Waals surface area contributed by atoms with Crippen LogP contribution in [0.4, 0.5) is 11.6 Å². The van der Waals surface area contributed by atoms with E-state index in [0.29, 0.717) is 28.9 Å². The van der Waals surface area contributed by atoms with Gasteiger partial charge in [-0.25, -0.2) is 9.97 Å². The quantitative estimate of drug-likeness (QED) is 0.291. The average molecular weight is 536 g/mol. The van der Waals surface area contributed by atoms with Gasteiger partial charge in [0.1, 0.15) is 5.82 Å². The van der Waals surface area contributed by atoms with Crippen molar-refractivity contribution in [1.82, 2.24) is 25.6 Å². The number of hydrazine groups is 1. The second-order valence-corrected chi connectivity index (χ2v) is 9.97. The molecule has 5 rings (SSSR count). The number of carbonyl (C=O) groups excluding carboxylic acids is 2. The largest absolute Gasteiger partial charge is 0.347 e. The van der Waals surface area contributed by atoms with Crippen molar-refractivity contribution in [2.24, 2.45) is 0 Å². The van der Waals surface area contributed by atoms with Gasteiger partial charge in [-0.2, -0.15) is 0 Å². The lowest BCUT2D eigenvalue weighted by atomic mass is 10.0. The van der Waals surface area contributed by atoms with Crippen LogP contribution < -0.4 is 21.5 Å². The van der Waals surface area contributed by atoms with Crippen molar-refractivity contribution in [3.05, 3.63) is 81.6 Å². The van der Waals surface area contributed by atoms with Crippen LogP contribution in [-0.2, 0) is 24.1 Å². The van der Waals surface area contributed by atoms with Gasteiger partial charge in [0.2, 0.25) is 5.91 Å². The Hall–Kier alpha value is -3.76. The number of nitrogens with zero attached hydrogens (tertiary/aromatic N) is 3. The Morgan fingerprint density at radius 2 is 1.89 bits per heavy atom. The van der Waals surface area contributed by atoms with Gasteiger partial charge in [0.05, 0.1) is 16.6 Å². The second kappa shape index (κ2) is 10.7. The van der Waals surface area contributed by atoms with E-state index in [2.05, 4.69) is 61.8 Å². The minimum absolute atomic E-state index is 0.00300. The number of hydrogen-bond donors (Lipinski definition) is 4. The molecule has 3 aromatic rings. The van der Waals surface area contributed by atoms with Crippen LogP contribution in [-0.4, -0.2) is 51.4 Å². The molecule has 1 atom stereocenters. The van der Waals surface area contributed by atoms with Gasteiger partial charge in [0, 0.05) is 44.4 Å². The minimum atomic E-state index is -0.336. The Labute approximate surface area is 225 Å². The average Bonchev–Trinajstić information content (AvgIpc) is 3.08. The van der Waals surface area contributed by atoms with Gasteiger partial charge in [-0.15, -0.1) is 0 Å². The fourth-order valence-electron chi connectivity index (χ4n) is 4.64. The number of benzene rings is 1. The number of likely N-dealkylation sites (N-methyl/N-ethyl adjacent to an activating group) is 1. The number of amides is 2. The van der Waals surface area contributed by atoms with Gasteiger partial charge in [0.25, 0.3) is 5.91 Å². The highest BCUT2D eigenvalue weighted by molar-refractivity contribution is 7.80. The summed E-state index contributed by atoms with van der Waals surface area (Å²) < 4.78 is 0. The van der Waals surface area contributed by atoms with E-state index >= 15 is 0 Å². The molecular weight excluding hydrogens is 510 g/mol. The molecule has 1 fully saturated rings. The number of aryl methyl sites for hydroxylation is 2. The van der Waals surface area contributed by atoms with E-state index in [1.807, 2.05) is 0 Å². The molecule has 37 heavy (non-hydrogen) atoms. The van der Waals surface area contributed by atoms with Crippen molar-refractivity contribution >= 4 is 52.4 Å². The number of thiocarbonyl (C=S) groups is 1. The van der Waals surface area contributed by atoms with Crippen LogP contribution in [0.25, 0.3) is 0 Å². The second-order valence-electron chi connectivity index (χ2n) is 9.15. The first-order valence-electron chi connectivity index (χ1n) is 11.9. The Kier molecular flexibility index (Phi) is 7.20. The molecule has 0 radical (unpaired) electrons. The molecule has 9 nitrogen and oxygen atoms in total. The molecule has 2 amide bonds. The van der Waals surface area contributed by atoms with E-state index in [1.165, 1.54) is 29.0 Å². The number of rotatable bonds is 5. The molecule has 3 heterocycles.